The van der Waals surface area contributed by atoms with Gasteiger partial charge in [-0.1, -0.05) is 12.1 Å². The molecule has 0 fully saturated rings. The van der Waals surface area contributed by atoms with Crippen molar-refractivity contribution >= 4 is 21.6 Å². The van der Waals surface area contributed by atoms with E-state index < -0.39 is 10.0 Å². The second kappa shape index (κ2) is 7.69. The highest BCUT2D eigenvalue weighted by molar-refractivity contribution is 7.92. The molecule has 128 valence electrons. The van der Waals surface area contributed by atoms with Gasteiger partial charge in [-0.2, -0.15) is 0 Å². The van der Waals surface area contributed by atoms with Crippen LogP contribution in [0.1, 0.15) is 0 Å². The number of rotatable bonds is 7. The minimum Gasteiger partial charge on any atom is -0.495 e. The van der Waals surface area contributed by atoms with E-state index in [0.717, 1.165) is 0 Å². The molecule has 0 saturated carbocycles. The minimum atomic E-state index is -3.76. The summed E-state index contributed by atoms with van der Waals surface area (Å²) in [7, 11) is -0.795. The van der Waals surface area contributed by atoms with E-state index in [1.54, 1.807) is 24.3 Å². The molecule has 2 rings (SSSR count). The van der Waals surface area contributed by atoms with Crippen molar-refractivity contribution in [3.63, 3.8) is 0 Å². The molecule has 8 heteroatoms. The molecule has 0 aliphatic rings. The fourth-order valence-corrected chi connectivity index (χ4v) is 2.94. The summed E-state index contributed by atoms with van der Waals surface area (Å²) < 4.78 is 37.7. The number of hydrogen-bond donors (Lipinski definition) is 2. The van der Waals surface area contributed by atoms with Crippen molar-refractivity contribution in [3.8, 4) is 11.5 Å². The number of anilines is 1. The number of carbonyl (C=O) groups excluding carboxylic acids is 1. The Bertz CT molecular complexity index is 803. The number of ether oxygens (including phenoxy) is 2. The number of nitrogens with one attached hydrogen (secondary N) is 2. The Balaban J connectivity index is 2.13. The highest BCUT2D eigenvalue weighted by Crippen LogP contribution is 2.26. The van der Waals surface area contributed by atoms with Gasteiger partial charge in [-0.25, -0.2) is 8.42 Å². The Morgan fingerprint density at radius 2 is 1.75 bits per heavy atom. The molecule has 1 amide bonds. The van der Waals surface area contributed by atoms with E-state index in [4.69, 9.17) is 9.47 Å². The Morgan fingerprint density at radius 1 is 1.08 bits per heavy atom. The van der Waals surface area contributed by atoms with Crippen LogP contribution in [0.2, 0.25) is 0 Å². The number of hydrogen-bond acceptors (Lipinski definition) is 5. The third-order valence-electron chi connectivity index (χ3n) is 3.13. The summed E-state index contributed by atoms with van der Waals surface area (Å²) in [4.78, 5) is 11.2. The Hall–Kier alpha value is -2.74. The lowest BCUT2D eigenvalue weighted by molar-refractivity contribution is -0.122. The lowest BCUT2D eigenvalue weighted by Crippen LogP contribution is -2.24. The molecule has 2 aromatic carbocycles. The number of para-hydroxylation sites is 2. The number of sulfonamides is 1. The zero-order chi connectivity index (χ0) is 17.6. The second-order valence-corrected chi connectivity index (χ2v) is 6.42. The van der Waals surface area contributed by atoms with Gasteiger partial charge in [0.2, 0.25) is 0 Å². The fourth-order valence-electron chi connectivity index (χ4n) is 1.87. The maximum absolute atomic E-state index is 12.4. The average molecular weight is 350 g/mol. The van der Waals surface area contributed by atoms with Gasteiger partial charge in [-0.15, -0.1) is 0 Å². The van der Waals surface area contributed by atoms with Crippen molar-refractivity contribution in [3.05, 3.63) is 48.5 Å². The van der Waals surface area contributed by atoms with Crippen LogP contribution in [0, 0.1) is 0 Å². The Labute approximate surface area is 140 Å². The van der Waals surface area contributed by atoms with Gasteiger partial charge >= 0.3 is 0 Å². The summed E-state index contributed by atoms with van der Waals surface area (Å²) in [6.45, 7) is -0.137. The first-order chi connectivity index (χ1) is 11.5. The molecule has 24 heavy (non-hydrogen) atoms. The molecule has 0 aliphatic carbocycles. The predicted octanol–water partition coefficient (Wildman–Crippen LogP) is 1.62. The number of amides is 1. The normalized spacial score (nSPS) is 10.8. The lowest BCUT2D eigenvalue weighted by Gasteiger charge is -2.12. The Morgan fingerprint density at radius 3 is 2.38 bits per heavy atom. The molecule has 0 unspecified atom stereocenters. The topological polar surface area (TPSA) is 93.7 Å². The van der Waals surface area contributed by atoms with E-state index in [-0.39, 0.29) is 17.4 Å². The van der Waals surface area contributed by atoms with Crippen molar-refractivity contribution < 1.29 is 22.7 Å². The monoisotopic (exact) mass is 350 g/mol. The molecular formula is C16H18N2O5S. The number of methoxy groups -OCH3 is 1. The molecule has 0 atom stereocenters. The van der Waals surface area contributed by atoms with Crippen molar-refractivity contribution in [2.24, 2.45) is 0 Å². The van der Waals surface area contributed by atoms with E-state index in [2.05, 4.69) is 10.0 Å². The molecule has 0 radical (unpaired) electrons. The molecule has 2 aromatic rings. The number of benzene rings is 2. The van der Waals surface area contributed by atoms with E-state index in [1.807, 2.05) is 0 Å². The van der Waals surface area contributed by atoms with Crippen LogP contribution in [0.25, 0.3) is 0 Å². The van der Waals surface area contributed by atoms with Crippen LogP contribution in [0.15, 0.2) is 53.4 Å². The highest BCUT2D eigenvalue weighted by atomic mass is 32.2. The summed E-state index contributed by atoms with van der Waals surface area (Å²) in [5.41, 5.74) is 0.347. The zero-order valence-electron chi connectivity index (χ0n) is 13.3. The maximum atomic E-state index is 12.4. The molecular weight excluding hydrogens is 332 g/mol. The van der Waals surface area contributed by atoms with Crippen LogP contribution in [0.4, 0.5) is 5.69 Å². The number of carbonyl (C=O) groups is 1. The van der Waals surface area contributed by atoms with Crippen LogP contribution in [0.5, 0.6) is 11.5 Å². The zero-order valence-corrected chi connectivity index (χ0v) is 14.1. The van der Waals surface area contributed by atoms with Gasteiger partial charge in [-0.3, -0.25) is 9.52 Å². The van der Waals surface area contributed by atoms with Crippen LogP contribution in [-0.4, -0.2) is 35.1 Å². The van der Waals surface area contributed by atoms with Crippen LogP contribution < -0.4 is 19.5 Å². The smallest absolute Gasteiger partial charge is 0.262 e. The van der Waals surface area contributed by atoms with Crippen LogP contribution >= 0.6 is 0 Å². The SMILES string of the molecule is CNC(=O)COc1ccc(S(=O)(=O)Nc2ccccc2OC)cc1. The first-order valence-electron chi connectivity index (χ1n) is 7.05. The van der Waals surface area contributed by atoms with Crippen LogP contribution in [-0.2, 0) is 14.8 Å². The minimum absolute atomic E-state index is 0.0701. The molecule has 7 nitrogen and oxygen atoms in total. The standard InChI is InChI=1S/C16H18N2O5S/c1-17-16(19)11-23-12-7-9-13(10-8-12)24(20,21)18-14-5-3-4-6-15(14)22-2/h3-10,18H,11H2,1-2H3,(H,17,19). The molecule has 0 saturated heterocycles. The lowest BCUT2D eigenvalue weighted by atomic mass is 10.3. The van der Waals surface area contributed by atoms with Gasteiger partial charge in [0, 0.05) is 7.05 Å². The number of likely N-dealkylation sites (N-methyl/N-ethyl adjacent to an activating group) is 1. The second-order valence-electron chi connectivity index (χ2n) is 4.74. The first kappa shape index (κ1) is 17.6. The first-order valence-corrected chi connectivity index (χ1v) is 8.54. The van der Waals surface area contributed by atoms with Crippen molar-refractivity contribution in [1.82, 2.24) is 5.32 Å². The van der Waals surface area contributed by atoms with Gasteiger partial charge in [0.1, 0.15) is 11.5 Å². The molecule has 0 spiro atoms. The summed E-state index contributed by atoms with van der Waals surface area (Å²) in [5, 5.41) is 2.43. The summed E-state index contributed by atoms with van der Waals surface area (Å²) in [6.07, 6.45) is 0. The largest absolute Gasteiger partial charge is 0.495 e. The summed E-state index contributed by atoms with van der Waals surface area (Å²) in [5.74, 6) is 0.547. The van der Waals surface area contributed by atoms with E-state index in [9.17, 15) is 13.2 Å². The van der Waals surface area contributed by atoms with Gasteiger partial charge in [0.15, 0.2) is 6.61 Å². The quantitative estimate of drug-likeness (QED) is 0.791. The van der Waals surface area contributed by atoms with Gasteiger partial charge in [0.05, 0.1) is 17.7 Å². The maximum Gasteiger partial charge on any atom is 0.262 e. The summed E-state index contributed by atoms with van der Waals surface area (Å²) >= 11 is 0. The van der Waals surface area contributed by atoms with E-state index >= 15 is 0 Å². The predicted molar refractivity (Wildman–Crippen MR) is 89.8 cm³/mol. The van der Waals surface area contributed by atoms with Gasteiger partial charge < -0.3 is 14.8 Å². The van der Waals surface area contributed by atoms with Crippen LogP contribution in [0.3, 0.4) is 0 Å². The van der Waals surface area contributed by atoms with E-state index in [1.165, 1.54) is 38.4 Å². The third kappa shape index (κ3) is 4.39. The molecule has 0 aromatic heterocycles. The van der Waals surface area contributed by atoms with Gasteiger partial charge in [0.25, 0.3) is 15.9 Å². The molecule has 0 bridgehead atoms. The Kier molecular flexibility index (Phi) is 5.64. The van der Waals surface area contributed by atoms with Crippen molar-refractivity contribution in [2.45, 2.75) is 4.90 Å². The molecule has 2 N–H and O–H groups in total. The molecule has 0 heterocycles. The average Bonchev–Trinajstić information content (AvgIpc) is 2.60. The van der Waals surface area contributed by atoms with Crippen molar-refractivity contribution in [2.75, 3.05) is 25.5 Å². The summed E-state index contributed by atoms with van der Waals surface area (Å²) in [6, 6.07) is 12.5. The highest BCUT2D eigenvalue weighted by Gasteiger charge is 2.16. The van der Waals surface area contributed by atoms with Gasteiger partial charge in [-0.05, 0) is 36.4 Å². The van der Waals surface area contributed by atoms with Crippen molar-refractivity contribution in [1.29, 1.82) is 0 Å². The van der Waals surface area contributed by atoms with E-state index in [0.29, 0.717) is 17.2 Å². The third-order valence-corrected chi connectivity index (χ3v) is 4.52. The fraction of sp³-hybridized carbons (Fsp3) is 0.188. The molecule has 0 aliphatic heterocycles.